The quantitative estimate of drug-likeness (QED) is 0.835. The van der Waals surface area contributed by atoms with Crippen molar-refractivity contribution in [1.29, 1.82) is 5.26 Å². The molecule has 4 rings (SSSR count). The number of hydrogen-bond donors (Lipinski definition) is 0. The summed E-state index contributed by atoms with van der Waals surface area (Å²) >= 11 is 0. The Bertz CT molecular complexity index is 973. The summed E-state index contributed by atoms with van der Waals surface area (Å²) in [7, 11) is -3.77. The highest BCUT2D eigenvalue weighted by Gasteiger charge is 2.31. The molecule has 2 aromatic rings. The SMILES string of the molecule is N#Cc1ccccc1S(=O)(=O)N1CCCc2ccc(N3CCCC3)cc21. The van der Waals surface area contributed by atoms with Crippen LogP contribution in [0.5, 0.6) is 0 Å². The summed E-state index contributed by atoms with van der Waals surface area (Å²) < 4.78 is 28.1. The molecule has 2 aliphatic heterocycles. The van der Waals surface area contributed by atoms with Crippen LogP contribution in [0.1, 0.15) is 30.4 Å². The van der Waals surface area contributed by atoms with Gasteiger partial charge in [0.05, 0.1) is 11.3 Å². The van der Waals surface area contributed by atoms with Crippen molar-refractivity contribution in [1.82, 2.24) is 0 Å². The fraction of sp³-hybridized carbons (Fsp3) is 0.350. The molecular formula is C20H21N3O2S. The van der Waals surface area contributed by atoms with Gasteiger partial charge in [0.1, 0.15) is 11.0 Å². The van der Waals surface area contributed by atoms with Crippen molar-refractivity contribution < 1.29 is 8.42 Å². The summed E-state index contributed by atoms with van der Waals surface area (Å²) in [6, 6.07) is 14.6. The summed E-state index contributed by atoms with van der Waals surface area (Å²) in [5.74, 6) is 0. The van der Waals surface area contributed by atoms with Crippen molar-refractivity contribution in [2.75, 3.05) is 28.8 Å². The number of aryl methyl sites for hydroxylation is 1. The van der Waals surface area contributed by atoms with E-state index in [9.17, 15) is 13.7 Å². The van der Waals surface area contributed by atoms with E-state index in [1.54, 1.807) is 18.2 Å². The third-order valence-corrected chi connectivity index (χ3v) is 7.06. The minimum Gasteiger partial charge on any atom is -0.371 e. The molecule has 0 aromatic heterocycles. The maximum atomic E-state index is 13.3. The largest absolute Gasteiger partial charge is 0.371 e. The first kappa shape index (κ1) is 16.9. The number of nitriles is 1. The van der Waals surface area contributed by atoms with Crippen LogP contribution in [0.15, 0.2) is 47.4 Å². The van der Waals surface area contributed by atoms with Crippen LogP contribution in [0.3, 0.4) is 0 Å². The summed E-state index contributed by atoms with van der Waals surface area (Å²) in [6.07, 6.45) is 4.01. The summed E-state index contributed by atoms with van der Waals surface area (Å²) in [6.45, 7) is 2.48. The normalized spacial score (nSPS) is 17.0. The number of anilines is 2. The third-order valence-electron chi connectivity index (χ3n) is 5.19. The van der Waals surface area contributed by atoms with E-state index in [1.165, 1.54) is 23.2 Å². The second kappa shape index (κ2) is 6.65. The van der Waals surface area contributed by atoms with Gasteiger partial charge in [-0.25, -0.2) is 8.42 Å². The number of fused-ring (bicyclic) bond motifs is 1. The number of benzene rings is 2. The lowest BCUT2D eigenvalue weighted by molar-refractivity contribution is 0.586. The summed E-state index contributed by atoms with van der Waals surface area (Å²) in [5.41, 5.74) is 3.08. The summed E-state index contributed by atoms with van der Waals surface area (Å²) in [4.78, 5) is 2.39. The van der Waals surface area contributed by atoms with Gasteiger partial charge in [-0.15, -0.1) is 0 Å². The van der Waals surface area contributed by atoms with E-state index in [4.69, 9.17) is 0 Å². The third kappa shape index (κ3) is 2.82. The van der Waals surface area contributed by atoms with Gasteiger partial charge >= 0.3 is 0 Å². The van der Waals surface area contributed by atoms with Crippen LogP contribution in [0.2, 0.25) is 0 Å². The maximum absolute atomic E-state index is 13.3. The highest BCUT2D eigenvalue weighted by molar-refractivity contribution is 7.92. The Morgan fingerprint density at radius 3 is 2.50 bits per heavy atom. The second-order valence-electron chi connectivity index (χ2n) is 6.80. The predicted molar refractivity (Wildman–Crippen MR) is 102 cm³/mol. The van der Waals surface area contributed by atoms with E-state index in [0.29, 0.717) is 6.54 Å². The number of sulfonamides is 1. The average Bonchev–Trinajstić information content (AvgIpc) is 3.21. The number of nitrogens with zero attached hydrogens (tertiary/aromatic N) is 3. The lowest BCUT2D eigenvalue weighted by Crippen LogP contribution is -2.36. The second-order valence-corrected chi connectivity index (χ2v) is 8.63. The first-order chi connectivity index (χ1) is 12.6. The Morgan fingerprint density at radius 2 is 1.73 bits per heavy atom. The van der Waals surface area contributed by atoms with Crippen LogP contribution in [0.4, 0.5) is 11.4 Å². The van der Waals surface area contributed by atoms with Gasteiger partial charge in [-0.2, -0.15) is 5.26 Å². The fourth-order valence-corrected chi connectivity index (χ4v) is 5.53. The van der Waals surface area contributed by atoms with Gasteiger partial charge in [0.25, 0.3) is 10.0 Å². The first-order valence-corrected chi connectivity index (χ1v) is 10.4. The molecule has 0 amide bonds. The average molecular weight is 367 g/mol. The molecule has 5 nitrogen and oxygen atoms in total. The lowest BCUT2D eigenvalue weighted by atomic mass is 10.0. The fourth-order valence-electron chi connectivity index (χ4n) is 3.85. The Balaban J connectivity index is 1.79. The van der Waals surface area contributed by atoms with E-state index in [1.807, 2.05) is 12.1 Å². The number of hydrogen-bond acceptors (Lipinski definition) is 4. The monoisotopic (exact) mass is 367 g/mol. The van der Waals surface area contributed by atoms with Gasteiger partial charge in [0.15, 0.2) is 0 Å². The van der Waals surface area contributed by atoms with Gasteiger partial charge in [0, 0.05) is 25.3 Å². The van der Waals surface area contributed by atoms with Gasteiger partial charge in [-0.1, -0.05) is 18.2 Å². The molecule has 6 heteroatoms. The van der Waals surface area contributed by atoms with E-state index in [2.05, 4.69) is 17.0 Å². The van der Waals surface area contributed by atoms with Crippen molar-refractivity contribution in [3.8, 4) is 6.07 Å². The molecule has 26 heavy (non-hydrogen) atoms. The minimum atomic E-state index is -3.77. The lowest BCUT2D eigenvalue weighted by Gasteiger charge is -2.32. The minimum absolute atomic E-state index is 0.0851. The molecule has 1 saturated heterocycles. The Hall–Kier alpha value is -2.52. The first-order valence-electron chi connectivity index (χ1n) is 9.01. The predicted octanol–water partition coefficient (Wildman–Crippen LogP) is 3.30. The summed E-state index contributed by atoms with van der Waals surface area (Å²) in [5, 5.41) is 9.32. The van der Waals surface area contributed by atoms with E-state index in [0.717, 1.165) is 42.9 Å². The molecule has 134 valence electrons. The van der Waals surface area contributed by atoms with Crippen LogP contribution in [-0.4, -0.2) is 28.1 Å². The Kier molecular flexibility index (Phi) is 4.33. The van der Waals surface area contributed by atoms with Crippen molar-refractivity contribution >= 4 is 21.4 Å². The molecule has 0 bridgehead atoms. The van der Waals surface area contributed by atoms with Crippen LogP contribution >= 0.6 is 0 Å². The standard InChI is InChI=1S/C20H21N3O2S/c21-15-17-6-1-2-8-20(17)26(24,25)23-13-5-7-16-9-10-18(14-19(16)23)22-11-3-4-12-22/h1-2,6,8-10,14H,3-5,7,11-13H2. The van der Waals surface area contributed by atoms with Crippen molar-refractivity contribution in [3.63, 3.8) is 0 Å². The smallest absolute Gasteiger partial charge is 0.265 e. The highest BCUT2D eigenvalue weighted by atomic mass is 32.2. The molecule has 0 aliphatic carbocycles. The van der Waals surface area contributed by atoms with Gasteiger partial charge < -0.3 is 4.90 Å². The van der Waals surface area contributed by atoms with Crippen molar-refractivity contribution in [2.24, 2.45) is 0 Å². The van der Waals surface area contributed by atoms with E-state index < -0.39 is 10.0 Å². The molecule has 0 N–H and O–H groups in total. The molecule has 2 heterocycles. The van der Waals surface area contributed by atoms with E-state index in [-0.39, 0.29) is 10.5 Å². The molecule has 0 atom stereocenters. The zero-order chi connectivity index (χ0) is 18.1. The molecule has 1 fully saturated rings. The molecule has 0 spiro atoms. The van der Waals surface area contributed by atoms with Gasteiger partial charge in [-0.05, 0) is 55.5 Å². The molecular weight excluding hydrogens is 346 g/mol. The molecule has 0 unspecified atom stereocenters. The molecule has 0 saturated carbocycles. The van der Waals surface area contributed by atoms with E-state index >= 15 is 0 Å². The van der Waals surface area contributed by atoms with Gasteiger partial charge in [0.2, 0.25) is 0 Å². The Morgan fingerprint density at radius 1 is 0.962 bits per heavy atom. The van der Waals surface area contributed by atoms with Crippen molar-refractivity contribution in [3.05, 3.63) is 53.6 Å². The van der Waals surface area contributed by atoms with Crippen LogP contribution < -0.4 is 9.21 Å². The highest BCUT2D eigenvalue weighted by Crippen LogP contribution is 2.36. The maximum Gasteiger partial charge on any atom is 0.265 e. The van der Waals surface area contributed by atoms with Crippen LogP contribution in [-0.2, 0) is 16.4 Å². The molecule has 2 aliphatic rings. The van der Waals surface area contributed by atoms with Gasteiger partial charge in [-0.3, -0.25) is 4.31 Å². The van der Waals surface area contributed by atoms with Crippen molar-refractivity contribution in [2.45, 2.75) is 30.6 Å². The zero-order valence-electron chi connectivity index (χ0n) is 14.6. The molecule has 2 aromatic carbocycles. The zero-order valence-corrected chi connectivity index (χ0v) is 15.4. The molecule has 0 radical (unpaired) electrons. The topological polar surface area (TPSA) is 64.4 Å². The van der Waals surface area contributed by atoms with Crippen LogP contribution in [0, 0.1) is 11.3 Å². The number of rotatable bonds is 3. The van der Waals surface area contributed by atoms with Crippen LogP contribution in [0.25, 0.3) is 0 Å². The Labute approximate surface area is 154 Å².